The van der Waals surface area contributed by atoms with E-state index in [1.807, 2.05) is 5.32 Å². The SMILES string of the molecule is Cc1ccc(S(=O)(=O)NC(=O)NC2C(O)OC(CO)C(O)C2O)cc1. The van der Waals surface area contributed by atoms with Crippen molar-refractivity contribution >= 4 is 16.1 Å². The Balaban J connectivity index is 2.05. The fourth-order valence-electron chi connectivity index (χ4n) is 2.33. The number of sulfonamides is 1. The van der Waals surface area contributed by atoms with E-state index in [1.54, 1.807) is 23.8 Å². The second kappa shape index (κ2) is 7.64. The van der Waals surface area contributed by atoms with Gasteiger partial charge in [-0.05, 0) is 19.1 Å². The third-order valence-corrected chi connectivity index (χ3v) is 5.10. The molecule has 0 aromatic heterocycles. The third-order valence-electron chi connectivity index (χ3n) is 3.76. The van der Waals surface area contributed by atoms with Gasteiger partial charge in [-0.2, -0.15) is 0 Å². The van der Waals surface area contributed by atoms with Crippen molar-refractivity contribution in [3.63, 3.8) is 0 Å². The van der Waals surface area contributed by atoms with Gasteiger partial charge in [-0.15, -0.1) is 0 Å². The molecule has 1 aromatic rings. The standard InChI is InChI=1S/C14H20N2O8S/c1-7-2-4-8(5-3-7)25(22,23)16-14(21)15-10-12(19)11(18)9(6-17)24-13(10)20/h2-5,9-13,17-20H,6H2,1H3,(H2,15,16,21). The molecule has 1 saturated heterocycles. The van der Waals surface area contributed by atoms with Crippen molar-refractivity contribution in [2.45, 2.75) is 42.5 Å². The minimum Gasteiger partial charge on any atom is -0.394 e. The zero-order chi connectivity index (χ0) is 18.8. The van der Waals surface area contributed by atoms with E-state index in [9.17, 15) is 28.5 Å². The molecule has 1 aliphatic rings. The topological polar surface area (TPSA) is 165 Å². The summed E-state index contributed by atoms with van der Waals surface area (Å²) in [7, 11) is -4.16. The van der Waals surface area contributed by atoms with Crippen molar-refractivity contribution in [2.24, 2.45) is 0 Å². The van der Waals surface area contributed by atoms with Gasteiger partial charge in [-0.25, -0.2) is 17.9 Å². The summed E-state index contributed by atoms with van der Waals surface area (Å²) < 4.78 is 30.8. The number of aliphatic hydroxyl groups excluding tert-OH is 4. The predicted molar refractivity (Wildman–Crippen MR) is 83.8 cm³/mol. The fraction of sp³-hybridized carbons (Fsp3) is 0.500. The molecule has 1 aliphatic heterocycles. The Bertz CT molecular complexity index is 708. The molecule has 0 radical (unpaired) electrons. The Morgan fingerprint density at radius 3 is 2.32 bits per heavy atom. The van der Waals surface area contributed by atoms with Crippen LogP contribution in [0.5, 0.6) is 0 Å². The van der Waals surface area contributed by atoms with Crippen LogP contribution in [0.4, 0.5) is 4.79 Å². The molecule has 10 nitrogen and oxygen atoms in total. The van der Waals surface area contributed by atoms with Crippen LogP contribution in [0.15, 0.2) is 29.2 Å². The van der Waals surface area contributed by atoms with Crippen LogP contribution in [-0.2, 0) is 14.8 Å². The van der Waals surface area contributed by atoms with Crippen LogP contribution in [0, 0.1) is 6.92 Å². The summed E-state index contributed by atoms with van der Waals surface area (Å²) in [5, 5.41) is 40.4. The molecule has 2 rings (SSSR count). The molecule has 0 bridgehead atoms. The molecular weight excluding hydrogens is 356 g/mol. The van der Waals surface area contributed by atoms with Crippen molar-refractivity contribution in [1.82, 2.24) is 10.0 Å². The number of benzene rings is 1. The van der Waals surface area contributed by atoms with Gasteiger partial charge in [0.25, 0.3) is 10.0 Å². The van der Waals surface area contributed by atoms with E-state index in [0.29, 0.717) is 0 Å². The summed E-state index contributed by atoms with van der Waals surface area (Å²) in [6, 6.07) is 3.02. The molecule has 11 heteroatoms. The van der Waals surface area contributed by atoms with Crippen LogP contribution in [0.3, 0.4) is 0 Å². The lowest BCUT2D eigenvalue weighted by molar-refractivity contribution is -0.252. The predicted octanol–water partition coefficient (Wildman–Crippen LogP) is -2.22. The second-order valence-electron chi connectivity index (χ2n) is 5.65. The molecule has 6 N–H and O–H groups in total. The fourth-order valence-corrected chi connectivity index (χ4v) is 3.25. The number of carbonyl (C=O) groups excluding carboxylic acids is 1. The van der Waals surface area contributed by atoms with Crippen LogP contribution in [0.2, 0.25) is 0 Å². The molecular formula is C14H20N2O8S. The number of hydrogen-bond donors (Lipinski definition) is 6. The zero-order valence-electron chi connectivity index (χ0n) is 13.2. The summed E-state index contributed by atoms with van der Waals surface area (Å²) in [4.78, 5) is 11.8. The molecule has 1 aromatic carbocycles. The van der Waals surface area contributed by atoms with Gasteiger partial charge in [0.05, 0.1) is 11.5 Å². The summed E-state index contributed by atoms with van der Waals surface area (Å²) in [5.74, 6) is 0. The van der Waals surface area contributed by atoms with E-state index in [2.05, 4.69) is 0 Å². The number of nitrogens with one attached hydrogen (secondary N) is 2. The van der Waals surface area contributed by atoms with E-state index < -0.39 is 53.3 Å². The zero-order valence-corrected chi connectivity index (χ0v) is 14.0. The van der Waals surface area contributed by atoms with Gasteiger partial charge in [0, 0.05) is 0 Å². The first-order valence-electron chi connectivity index (χ1n) is 7.36. The first-order chi connectivity index (χ1) is 11.7. The average Bonchev–Trinajstić information content (AvgIpc) is 2.55. The molecule has 0 aliphatic carbocycles. The minimum absolute atomic E-state index is 0.144. The highest BCUT2D eigenvalue weighted by atomic mass is 32.2. The highest BCUT2D eigenvalue weighted by Gasteiger charge is 2.44. The molecule has 140 valence electrons. The monoisotopic (exact) mass is 376 g/mol. The number of aliphatic hydroxyl groups is 4. The maximum absolute atomic E-state index is 12.1. The first kappa shape index (κ1) is 19.6. The second-order valence-corrected chi connectivity index (χ2v) is 7.33. The molecule has 0 saturated carbocycles. The Kier molecular flexibility index (Phi) is 5.98. The molecule has 1 fully saturated rings. The van der Waals surface area contributed by atoms with E-state index >= 15 is 0 Å². The molecule has 1 heterocycles. The van der Waals surface area contributed by atoms with Gasteiger partial charge >= 0.3 is 6.03 Å². The van der Waals surface area contributed by atoms with Crippen LogP contribution >= 0.6 is 0 Å². The molecule has 25 heavy (non-hydrogen) atoms. The van der Waals surface area contributed by atoms with Crippen LogP contribution in [-0.4, -0.2) is 72.1 Å². The van der Waals surface area contributed by atoms with Crippen molar-refractivity contribution in [3.05, 3.63) is 29.8 Å². The van der Waals surface area contributed by atoms with Crippen molar-refractivity contribution in [1.29, 1.82) is 0 Å². The lowest BCUT2D eigenvalue weighted by Gasteiger charge is -2.40. The van der Waals surface area contributed by atoms with Gasteiger partial charge in [0.1, 0.15) is 24.4 Å². The molecule has 5 unspecified atom stereocenters. The number of rotatable bonds is 4. The van der Waals surface area contributed by atoms with E-state index in [0.717, 1.165) is 5.56 Å². The third kappa shape index (κ3) is 4.45. The Morgan fingerprint density at radius 1 is 1.16 bits per heavy atom. The summed E-state index contributed by atoms with van der Waals surface area (Å²) in [5.41, 5.74) is 0.835. The minimum atomic E-state index is -4.16. The van der Waals surface area contributed by atoms with E-state index in [4.69, 9.17) is 9.84 Å². The summed E-state index contributed by atoms with van der Waals surface area (Å²) in [6.45, 7) is 1.11. The number of amides is 2. The van der Waals surface area contributed by atoms with Gasteiger partial charge in [0.2, 0.25) is 0 Å². The molecule has 2 amide bonds. The van der Waals surface area contributed by atoms with Gasteiger partial charge < -0.3 is 30.5 Å². The maximum Gasteiger partial charge on any atom is 0.329 e. The number of urea groups is 1. The van der Waals surface area contributed by atoms with Gasteiger partial charge in [0.15, 0.2) is 6.29 Å². The largest absolute Gasteiger partial charge is 0.394 e. The number of carbonyl (C=O) groups is 1. The van der Waals surface area contributed by atoms with Gasteiger partial charge in [-0.3, -0.25) is 0 Å². The normalized spacial score (nSPS) is 29.9. The van der Waals surface area contributed by atoms with Crippen LogP contribution in [0.1, 0.15) is 5.56 Å². The Hall–Kier alpha value is -1.76. The van der Waals surface area contributed by atoms with Crippen LogP contribution < -0.4 is 10.0 Å². The quantitative estimate of drug-likeness (QED) is 0.344. The number of ether oxygens (including phenoxy) is 1. The maximum atomic E-state index is 12.1. The Morgan fingerprint density at radius 2 is 1.76 bits per heavy atom. The summed E-state index contributed by atoms with van der Waals surface area (Å²) in [6.07, 6.45) is -6.23. The lowest BCUT2D eigenvalue weighted by Crippen LogP contribution is -2.65. The lowest BCUT2D eigenvalue weighted by atomic mass is 9.97. The van der Waals surface area contributed by atoms with Crippen molar-refractivity contribution < 1.29 is 38.4 Å². The average molecular weight is 376 g/mol. The summed E-state index contributed by atoms with van der Waals surface area (Å²) >= 11 is 0. The smallest absolute Gasteiger partial charge is 0.329 e. The van der Waals surface area contributed by atoms with E-state index in [-0.39, 0.29) is 4.90 Å². The first-order valence-corrected chi connectivity index (χ1v) is 8.84. The van der Waals surface area contributed by atoms with E-state index in [1.165, 1.54) is 12.1 Å². The van der Waals surface area contributed by atoms with Crippen molar-refractivity contribution in [2.75, 3.05) is 6.61 Å². The van der Waals surface area contributed by atoms with Crippen LogP contribution in [0.25, 0.3) is 0 Å². The molecule has 5 atom stereocenters. The highest BCUT2D eigenvalue weighted by molar-refractivity contribution is 7.90. The highest BCUT2D eigenvalue weighted by Crippen LogP contribution is 2.19. The van der Waals surface area contributed by atoms with Crippen molar-refractivity contribution in [3.8, 4) is 0 Å². The van der Waals surface area contributed by atoms with Gasteiger partial charge in [-0.1, -0.05) is 17.7 Å². The number of hydrogen-bond acceptors (Lipinski definition) is 8. The molecule has 0 spiro atoms. The number of aryl methyl sites for hydroxylation is 1. The Labute approximate surface area is 144 Å².